The van der Waals surface area contributed by atoms with Crippen molar-refractivity contribution in [3.8, 4) is 0 Å². The second-order valence-corrected chi connectivity index (χ2v) is 15.7. The molecule has 0 bridgehead atoms. The van der Waals surface area contributed by atoms with Crippen LogP contribution in [0.1, 0.15) is 20.8 Å². The van der Waals surface area contributed by atoms with E-state index in [9.17, 15) is 39.5 Å². The van der Waals surface area contributed by atoms with E-state index in [1.165, 1.54) is 0 Å². The van der Waals surface area contributed by atoms with E-state index in [2.05, 4.69) is 0 Å². The van der Waals surface area contributed by atoms with Gasteiger partial charge >= 0.3 is 112 Å². The second-order valence-electron chi connectivity index (χ2n) is 4.56. The molecule has 122 valence electrons. The monoisotopic (exact) mass is 380 g/mol. The molecule has 0 nitrogen and oxygen atoms in total. The predicted molar refractivity (Wildman–Crippen MR) is 58.1 cm³/mol. The maximum absolute atomic E-state index is 13.9. The Bertz CT molecular complexity index is 310. The van der Waals surface area contributed by atoms with Gasteiger partial charge in [0.15, 0.2) is 0 Å². The molecular formula is C10H15F9Ge. The zero-order valence-corrected chi connectivity index (χ0v) is 13.1. The molecule has 0 saturated carbocycles. The first-order chi connectivity index (χ1) is 8.68. The SMILES string of the molecule is C[CH2][Ge]([CH2]C)([CH2]C)[C](F)(F)C(F)(F)C(F)(F)C(F)(F)F. The van der Waals surface area contributed by atoms with Gasteiger partial charge in [-0.05, 0) is 0 Å². The van der Waals surface area contributed by atoms with Crippen LogP contribution in [0.25, 0.3) is 0 Å². The van der Waals surface area contributed by atoms with Crippen molar-refractivity contribution in [1.29, 1.82) is 0 Å². The summed E-state index contributed by atoms with van der Waals surface area (Å²) < 4.78 is 111. The van der Waals surface area contributed by atoms with E-state index < -0.39 is 51.8 Å². The van der Waals surface area contributed by atoms with Crippen molar-refractivity contribution in [2.75, 3.05) is 0 Å². The van der Waals surface area contributed by atoms with Crippen LogP contribution in [0, 0.1) is 0 Å². The average molecular weight is 379 g/mol. The van der Waals surface area contributed by atoms with E-state index in [-0.39, 0.29) is 0 Å². The van der Waals surface area contributed by atoms with Crippen LogP contribution in [0.4, 0.5) is 39.5 Å². The maximum atomic E-state index is 13.9. The molecule has 0 spiro atoms. The van der Waals surface area contributed by atoms with Crippen molar-refractivity contribution < 1.29 is 39.5 Å². The van der Waals surface area contributed by atoms with Gasteiger partial charge in [0.2, 0.25) is 0 Å². The van der Waals surface area contributed by atoms with Gasteiger partial charge in [-0.15, -0.1) is 0 Å². The molecule has 20 heavy (non-hydrogen) atoms. The summed E-state index contributed by atoms with van der Waals surface area (Å²) in [4.78, 5) is 0. The number of alkyl halides is 9. The topological polar surface area (TPSA) is 0 Å². The van der Waals surface area contributed by atoms with E-state index in [0.717, 1.165) is 20.8 Å². The van der Waals surface area contributed by atoms with E-state index in [1.54, 1.807) is 0 Å². The molecule has 0 N–H and O–H groups in total. The first kappa shape index (κ1) is 19.9. The summed E-state index contributed by atoms with van der Waals surface area (Å²) in [6.07, 6.45) is -6.73. The predicted octanol–water partition coefficient (Wildman–Crippen LogP) is 5.50. The Balaban J connectivity index is 6.04. The molecule has 0 fully saturated rings. The summed E-state index contributed by atoms with van der Waals surface area (Å²) in [5, 5.41) is -1.41. The quantitative estimate of drug-likeness (QED) is 0.423. The number of hydrogen-bond acceptors (Lipinski definition) is 0. The molecule has 10 heteroatoms. The molecule has 0 rings (SSSR count). The summed E-state index contributed by atoms with van der Waals surface area (Å²) in [6, 6.07) is 0. The van der Waals surface area contributed by atoms with Gasteiger partial charge in [0, 0.05) is 0 Å². The molecule has 0 unspecified atom stereocenters. The molecular weight excluding hydrogens is 364 g/mol. The van der Waals surface area contributed by atoms with Gasteiger partial charge in [0.1, 0.15) is 0 Å². The molecule has 0 aromatic heterocycles. The van der Waals surface area contributed by atoms with Crippen molar-refractivity contribution >= 4 is 13.3 Å². The van der Waals surface area contributed by atoms with Crippen molar-refractivity contribution in [1.82, 2.24) is 0 Å². The summed E-state index contributed by atoms with van der Waals surface area (Å²) in [5.74, 6) is -13.2. The molecule has 0 saturated heterocycles. The van der Waals surface area contributed by atoms with Gasteiger partial charge < -0.3 is 0 Å². The molecule has 0 atom stereocenters. The third kappa shape index (κ3) is 2.54. The first-order valence-electron chi connectivity index (χ1n) is 5.88. The van der Waals surface area contributed by atoms with Crippen molar-refractivity contribution in [3.63, 3.8) is 0 Å². The minimum absolute atomic E-state index is 0.469. The first-order valence-corrected chi connectivity index (χ1v) is 11.4. The summed E-state index contributed by atoms with van der Waals surface area (Å²) >= 11 is -4.93. The van der Waals surface area contributed by atoms with Crippen LogP contribution in [-0.4, -0.2) is 36.0 Å². The van der Waals surface area contributed by atoms with Crippen molar-refractivity contribution in [2.45, 2.75) is 59.3 Å². The van der Waals surface area contributed by atoms with Gasteiger partial charge in [-0.3, -0.25) is 0 Å². The Morgan fingerprint density at radius 1 is 0.600 bits per heavy atom. The van der Waals surface area contributed by atoms with Gasteiger partial charge in [-0.1, -0.05) is 0 Å². The van der Waals surface area contributed by atoms with Crippen molar-refractivity contribution in [3.05, 3.63) is 0 Å². The molecule has 0 radical (unpaired) electrons. The van der Waals surface area contributed by atoms with E-state index in [4.69, 9.17) is 0 Å². The third-order valence-electron chi connectivity index (χ3n) is 3.84. The van der Waals surface area contributed by atoms with Crippen LogP contribution in [-0.2, 0) is 0 Å². The van der Waals surface area contributed by atoms with Crippen LogP contribution in [0.2, 0.25) is 15.8 Å². The molecule has 0 amide bonds. The van der Waals surface area contributed by atoms with Gasteiger partial charge in [-0.25, -0.2) is 0 Å². The number of halogens is 9. The van der Waals surface area contributed by atoms with E-state index in [1.807, 2.05) is 0 Å². The third-order valence-corrected chi connectivity index (χ3v) is 15.8. The van der Waals surface area contributed by atoms with E-state index >= 15 is 0 Å². The average Bonchev–Trinajstić information content (AvgIpc) is 2.29. The fourth-order valence-corrected chi connectivity index (χ4v) is 9.79. The Morgan fingerprint density at radius 3 is 1.10 bits per heavy atom. The summed E-state index contributed by atoms with van der Waals surface area (Å²) in [6.45, 7) is 3.38. The van der Waals surface area contributed by atoms with Crippen LogP contribution in [0.15, 0.2) is 0 Å². The molecule has 0 aliphatic rings. The van der Waals surface area contributed by atoms with Gasteiger partial charge in [0.05, 0.1) is 0 Å². The van der Waals surface area contributed by atoms with Crippen molar-refractivity contribution in [2.24, 2.45) is 0 Å². The number of hydrogen-bond donors (Lipinski definition) is 0. The van der Waals surface area contributed by atoms with Crippen LogP contribution >= 0.6 is 0 Å². The molecule has 0 aromatic rings. The Labute approximate surface area is 113 Å². The zero-order chi connectivity index (χ0) is 16.6. The van der Waals surface area contributed by atoms with Gasteiger partial charge in [0.25, 0.3) is 0 Å². The Hall–Kier alpha value is -0.0871. The summed E-state index contributed by atoms with van der Waals surface area (Å²) in [7, 11) is 0. The summed E-state index contributed by atoms with van der Waals surface area (Å²) in [5.41, 5.74) is 0. The minimum atomic E-state index is -6.76. The fourth-order valence-electron chi connectivity index (χ4n) is 2.12. The molecule has 0 heterocycles. The standard InChI is InChI=1S/C10H15F9Ge/c1-4-20(5-2,6-3)10(18,19)8(13,14)7(11,12)9(15,16)17/h4-6H2,1-3H3. The van der Waals surface area contributed by atoms with Crippen LogP contribution < -0.4 is 0 Å². The normalized spacial score (nSPS) is 15.6. The Morgan fingerprint density at radius 2 is 0.900 bits per heavy atom. The fraction of sp³-hybridized carbons (Fsp3) is 1.00. The van der Waals surface area contributed by atoms with Gasteiger partial charge in [-0.2, -0.15) is 0 Å². The second kappa shape index (κ2) is 5.60. The molecule has 0 aliphatic carbocycles. The Kier molecular flexibility index (Phi) is 5.58. The van der Waals surface area contributed by atoms with Crippen LogP contribution in [0.5, 0.6) is 0 Å². The number of rotatable bonds is 6. The zero-order valence-electron chi connectivity index (χ0n) is 11.0. The van der Waals surface area contributed by atoms with Crippen LogP contribution in [0.3, 0.4) is 0 Å². The molecule has 0 aliphatic heterocycles. The van der Waals surface area contributed by atoms with E-state index in [0.29, 0.717) is 0 Å². The molecule has 0 aromatic carbocycles.